The minimum Gasteiger partial charge on any atom is -0.481 e. The van der Waals surface area contributed by atoms with Gasteiger partial charge in [0.05, 0.1) is 11.5 Å². The molecule has 0 amide bonds. The smallest absolute Gasteiger partial charge is 0.419 e. The summed E-state index contributed by atoms with van der Waals surface area (Å²) in [6, 6.07) is 2.00. The first kappa shape index (κ1) is 17.3. The summed E-state index contributed by atoms with van der Waals surface area (Å²) < 4.78 is 38.4. The van der Waals surface area contributed by atoms with Crippen LogP contribution in [0, 0.1) is 5.92 Å². The van der Waals surface area contributed by atoms with Crippen LogP contribution in [0.2, 0.25) is 0 Å². The Balaban J connectivity index is 2.56. The molecule has 2 atom stereocenters. The number of anilines is 1. The van der Waals surface area contributed by atoms with Crippen LogP contribution in [0.4, 0.5) is 19.0 Å². The van der Waals surface area contributed by atoms with E-state index in [1.54, 1.807) is 13.8 Å². The first-order valence-corrected chi connectivity index (χ1v) is 6.73. The molecule has 0 aromatic carbocycles. The average molecular weight is 304 g/mol. The van der Waals surface area contributed by atoms with Gasteiger partial charge in [-0.1, -0.05) is 13.3 Å². The summed E-state index contributed by atoms with van der Waals surface area (Å²) in [5.74, 6) is -1.50. The minimum absolute atomic E-state index is 0.191. The monoisotopic (exact) mass is 304 g/mol. The van der Waals surface area contributed by atoms with Crippen LogP contribution >= 0.6 is 0 Å². The van der Waals surface area contributed by atoms with Crippen LogP contribution in [0.5, 0.6) is 0 Å². The second-order valence-electron chi connectivity index (χ2n) is 5.11. The Morgan fingerprint density at radius 1 is 1.38 bits per heavy atom. The van der Waals surface area contributed by atoms with Crippen molar-refractivity contribution in [1.82, 2.24) is 4.98 Å². The highest BCUT2D eigenvalue weighted by Gasteiger charge is 2.34. The fourth-order valence-electron chi connectivity index (χ4n) is 1.91. The number of aliphatic carboxylic acids is 1. The van der Waals surface area contributed by atoms with E-state index < -0.39 is 23.6 Å². The third-order valence-corrected chi connectivity index (χ3v) is 3.19. The van der Waals surface area contributed by atoms with E-state index in [0.29, 0.717) is 19.3 Å². The van der Waals surface area contributed by atoms with E-state index in [1.807, 2.05) is 0 Å². The van der Waals surface area contributed by atoms with Gasteiger partial charge in [0.25, 0.3) is 0 Å². The third kappa shape index (κ3) is 5.61. The normalized spacial score (nSPS) is 14.5. The molecule has 2 N–H and O–H groups in total. The topological polar surface area (TPSA) is 62.2 Å². The van der Waals surface area contributed by atoms with Crippen molar-refractivity contribution >= 4 is 11.8 Å². The average Bonchev–Trinajstić information content (AvgIpc) is 2.37. The molecule has 1 heterocycles. The molecule has 0 aliphatic heterocycles. The lowest BCUT2D eigenvalue weighted by molar-refractivity contribution is -0.141. The Hall–Kier alpha value is -1.79. The van der Waals surface area contributed by atoms with Gasteiger partial charge in [-0.25, -0.2) is 4.98 Å². The number of nitrogens with zero attached hydrogens (tertiary/aromatic N) is 1. The molecule has 7 heteroatoms. The maximum atomic E-state index is 12.8. The van der Waals surface area contributed by atoms with Gasteiger partial charge in [-0.15, -0.1) is 0 Å². The first-order valence-electron chi connectivity index (χ1n) is 6.73. The summed E-state index contributed by atoms with van der Waals surface area (Å²) in [5, 5.41) is 11.5. The van der Waals surface area contributed by atoms with E-state index in [4.69, 9.17) is 5.11 Å². The quantitative estimate of drug-likeness (QED) is 0.804. The molecule has 0 spiro atoms. The van der Waals surface area contributed by atoms with Crippen LogP contribution < -0.4 is 5.32 Å². The molecule has 0 aliphatic rings. The number of hydrogen-bond donors (Lipinski definition) is 2. The zero-order valence-corrected chi connectivity index (χ0v) is 11.9. The highest BCUT2D eigenvalue weighted by atomic mass is 19.4. The Bertz CT molecular complexity index is 478. The SMILES string of the molecule is CC(CCCC(C)C(=O)O)Nc1ncccc1C(F)(F)F. The van der Waals surface area contributed by atoms with Gasteiger partial charge in [0.15, 0.2) is 0 Å². The lowest BCUT2D eigenvalue weighted by atomic mass is 10.0. The van der Waals surface area contributed by atoms with Crippen molar-refractivity contribution in [2.45, 2.75) is 45.3 Å². The number of hydrogen-bond acceptors (Lipinski definition) is 3. The third-order valence-electron chi connectivity index (χ3n) is 3.19. The summed E-state index contributed by atoms with van der Waals surface area (Å²) in [6.07, 6.45) is -1.46. The molecular weight excluding hydrogens is 285 g/mol. The van der Waals surface area contributed by atoms with Crippen LogP contribution in [-0.4, -0.2) is 22.1 Å². The second kappa shape index (κ2) is 7.28. The Kier molecular flexibility index (Phi) is 5.99. The van der Waals surface area contributed by atoms with Crippen LogP contribution in [0.15, 0.2) is 18.3 Å². The molecule has 4 nitrogen and oxygen atoms in total. The zero-order chi connectivity index (χ0) is 16.0. The van der Waals surface area contributed by atoms with E-state index in [0.717, 1.165) is 6.07 Å². The largest absolute Gasteiger partial charge is 0.481 e. The summed E-state index contributed by atoms with van der Waals surface area (Å²) in [5.41, 5.74) is -0.796. The Labute approximate surface area is 121 Å². The molecule has 21 heavy (non-hydrogen) atoms. The predicted molar refractivity (Wildman–Crippen MR) is 73.0 cm³/mol. The number of rotatable bonds is 7. The fraction of sp³-hybridized carbons (Fsp3) is 0.571. The molecule has 1 aromatic heterocycles. The van der Waals surface area contributed by atoms with Crippen molar-refractivity contribution < 1.29 is 23.1 Å². The lowest BCUT2D eigenvalue weighted by Gasteiger charge is -2.18. The van der Waals surface area contributed by atoms with Gasteiger partial charge in [-0.05, 0) is 31.9 Å². The number of aromatic nitrogens is 1. The van der Waals surface area contributed by atoms with Crippen LogP contribution in [-0.2, 0) is 11.0 Å². The summed E-state index contributed by atoms with van der Waals surface area (Å²) in [7, 11) is 0. The highest BCUT2D eigenvalue weighted by Crippen LogP contribution is 2.33. The van der Waals surface area contributed by atoms with Crippen LogP contribution in [0.25, 0.3) is 0 Å². The summed E-state index contributed by atoms with van der Waals surface area (Å²) >= 11 is 0. The minimum atomic E-state index is -4.45. The number of carbonyl (C=O) groups is 1. The van der Waals surface area contributed by atoms with Crippen LogP contribution in [0.3, 0.4) is 0 Å². The molecule has 0 saturated carbocycles. The number of carboxylic acids is 1. The molecule has 1 rings (SSSR count). The van der Waals surface area contributed by atoms with Crippen molar-refractivity contribution in [1.29, 1.82) is 0 Å². The van der Waals surface area contributed by atoms with E-state index >= 15 is 0 Å². The fourth-order valence-corrected chi connectivity index (χ4v) is 1.91. The van der Waals surface area contributed by atoms with Crippen molar-refractivity contribution in [3.8, 4) is 0 Å². The van der Waals surface area contributed by atoms with Crippen molar-refractivity contribution in [2.75, 3.05) is 5.32 Å². The Morgan fingerprint density at radius 3 is 2.62 bits per heavy atom. The number of pyridine rings is 1. The van der Waals surface area contributed by atoms with Crippen molar-refractivity contribution in [3.05, 3.63) is 23.9 Å². The molecule has 1 aromatic rings. The zero-order valence-electron chi connectivity index (χ0n) is 11.9. The number of alkyl halides is 3. The molecule has 118 valence electrons. The number of carboxylic acid groups (broad SMARTS) is 1. The second-order valence-corrected chi connectivity index (χ2v) is 5.11. The summed E-state index contributed by atoms with van der Waals surface area (Å²) in [6.45, 7) is 3.36. The standard InChI is InChI=1S/C14H19F3N2O2/c1-9(13(20)21)5-3-6-10(2)19-12-11(14(15,16)17)7-4-8-18-12/h4,7-10H,3,5-6H2,1-2H3,(H,18,19)(H,20,21). The maximum Gasteiger partial charge on any atom is 0.419 e. The van der Waals surface area contributed by atoms with Gasteiger partial charge >= 0.3 is 12.1 Å². The maximum absolute atomic E-state index is 12.8. The van der Waals surface area contributed by atoms with E-state index in [-0.39, 0.29) is 11.9 Å². The molecular formula is C14H19F3N2O2. The molecule has 2 unspecified atom stereocenters. The molecule has 0 saturated heterocycles. The van der Waals surface area contributed by atoms with Crippen LogP contribution in [0.1, 0.15) is 38.7 Å². The van der Waals surface area contributed by atoms with Gasteiger partial charge in [-0.2, -0.15) is 13.2 Å². The van der Waals surface area contributed by atoms with Gasteiger partial charge in [-0.3, -0.25) is 4.79 Å². The van der Waals surface area contributed by atoms with Crippen molar-refractivity contribution in [2.24, 2.45) is 5.92 Å². The number of nitrogens with one attached hydrogen (secondary N) is 1. The van der Waals surface area contributed by atoms with Crippen molar-refractivity contribution in [3.63, 3.8) is 0 Å². The predicted octanol–water partition coefficient (Wildman–Crippen LogP) is 3.79. The van der Waals surface area contributed by atoms with E-state index in [9.17, 15) is 18.0 Å². The molecule has 0 bridgehead atoms. The first-order chi connectivity index (χ1) is 9.71. The van der Waals surface area contributed by atoms with E-state index in [1.165, 1.54) is 12.3 Å². The highest BCUT2D eigenvalue weighted by molar-refractivity contribution is 5.69. The Morgan fingerprint density at radius 2 is 2.05 bits per heavy atom. The van der Waals surface area contributed by atoms with Gasteiger partial charge in [0.2, 0.25) is 0 Å². The van der Waals surface area contributed by atoms with Gasteiger partial charge in [0, 0.05) is 12.2 Å². The summed E-state index contributed by atoms with van der Waals surface area (Å²) in [4.78, 5) is 14.4. The van der Waals surface area contributed by atoms with Gasteiger partial charge in [0.1, 0.15) is 5.82 Å². The lowest BCUT2D eigenvalue weighted by Crippen LogP contribution is -2.20. The molecule has 0 fully saturated rings. The molecule has 0 aliphatic carbocycles. The molecule has 0 radical (unpaired) electrons. The van der Waals surface area contributed by atoms with Gasteiger partial charge < -0.3 is 10.4 Å². The number of halogens is 3. The van der Waals surface area contributed by atoms with E-state index in [2.05, 4.69) is 10.3 Å².